The van der Waals surface area contributed by atoms with Gasteiger partial charge in [0, 0.05) is 38.9 Å². The SMILES string of the molecule is C=CC(=C=C/C=C(\C)N(C)CCC(C=O)c1cccc(F)c1)OC.CCCN(CC)CCOC. The summed E-state index contributed by atoms with van der Waals surface area (Å²) in [5.74, 6) is -0.0713. The van der Waals surface area contributed by atoms with E-state index in [1.165, 1.54) is 25.1 Å². The number of nitrogens with zero attached hydrogens (tertiary/aromatic N) is 2. The summed E-state index contributed by atoms with van der Waals surface area (Å²) >= 11 is 0. The van der Waals surface area contributed by atoms with Gasteiger partial charge in [-0.25, -0.2) is 4.39 Å². The number of rotatable bonds is 15. The molecule has 0 bridgehead atoms. The van der Waals surface area contributed by atoms with Crippen LogP contribution in [0.15, 0.2) is 66.3 Å². The second-order valence-corrected chi connectivity index (χ2v) is 7.83. The minimum absolute atomic E-state index is 0.313. The summed E-state index contributed by atoms with van der Waals surface area (Å²) in [5, 5.41) is 0. The van der Waals surface area contributed by atoms with Crippen LogP contribution < -0.4 is 0 Å². The van der Waals surface area contributed by atoms with Crippen molar-refractivity contribution in [1.82, 2.24) is 9.80 Å². The predicted molar refractivity (Wildman–Crippen MR) is 139 cm³/mol. The van der Waals surface area contributed by atoms with Gasteiger partial charge in [-0.1, -0.05) is 38.3 Å². The number of benzene rings is 1. The van der Waals surface area contributed by atoms with Crippen LogP contribution in [0, 0.1) is 5.82 Å². The molecule has 0 aliphatic heterocycles. The predicted octanol–water partition coefficient (Wildman–Crippen LogP) is 5.57. The Balaban J connectivity index is 0.000000916. The molecule has 0 N–H and O–H groups in total. The summed E-state index contributed by atoms with van der Waals surface area (Å²) in [4.78, 5) is 15.7. The van der Waals surface area contributed by atoms with E-state index < -0.39 is 0 Å². The Bertz CT molecular complexity index is 801. The molecule has 0 saturated carbocycles. The average molecular weight is 475 g/mol. The molecule has 0 radical (unpaired) electrons. The molecule has 0 spiro atoms. The number of hydrogen-bond acceptors (Lipinski definition) is 5. The van der Waals surface area contributed by atoms with Crippen LogP contribution in [0.3, 0.4) is 0 Å². The average Bonchev–Trinajstić information content (AvgIpc) is 2.85. The first-order chi connectivity index (χ1) is 16.4. The number of likely N-dealkylation sites (N-methyl/N-ethyl adjacent to an activating group) is 1. The molecule has 0 aliphatic carbocycles. The van der Waals surface area contributed by atoms with E-state index in [0.717, 1.165) is 31.7 Å². The molecule has 1 rings (SSSR count). The van der Waals surface area contributed by atoms with E-state index in [1.54, 1.807) is 38.5 Å². The quantitative estimate of drug-likeness (QED) is 0.144. The van der Waals surface area contributed by atoms with Crippen molar-refractivity contribution in [3.05, 3.63) is 77.6 Å². The first kappa shape index (κ1) is 31.3. The van der Waals surface area contributed by atoms with Gasteiger partial charge in [0.1, 0.15) is 12.1 Å². The van der Waals surface area contributed by atoms with E-state index in [-0.39, 0.29) is 11.7 Å². The number of aldehydes is 1. The highest BCUT2D eigenvalue weighted by Crippen LogP contribution is 2.19. The van der Waals surface area contributed by atoms with E-state index in [0.29, 0.717) is 24.3 Å². The number of halogens is 1. The third kappa shape index (κ3) is 13.8. The minimum Gasteiger partial charge on any atom is -0.489 e. The zero-order chi connectivity index (χ0) is 25.8. The van der Waals surface area contributed by atoms with Crippen LogP contribution in [-0.2, 0) is 14.3 Å². The van der Waals surface area contributed by atoms with Gasteiger partial charge in [0.2, 0.25) is 0 Å². The molecular weight excluding hydrogens is 431 g/mol. The van der Waals surface area contributed by atoms with Crippen LogP contribution in [0.25, 0.3) is 0 Å². The van der Waals surface area contributed by atoms with Crippen molar-refractivity contribution in [2.45, 2.75) is 39.5 Å². The van der Waals surface area contributed by atoms with E-state index in [2.05, 4.69) is 31.1 Å². The molecule has 0 aromatic heterocycles. The Kier molecular flexibility index (Phi) is 18.2. The summed E-state index contributed by atoms with van der Waals surface area (Å²) in [5.41, 5.74) is 4.69. The van der Waals surface area contributed by atoms with Crippen LogP contribution in [-0.4, -0.2) is 70.1 Å². The second-order valence-electron chi connectivity index (χ2n) is 7.83. The van der Waals surface area contributed by atoms with Crippen LogP contribution in [0.2, 0.25) is 0 Å². The lowest BCUT2D eigenvalue weighted by atomic mass is 9.97. The summed E-state index contributed by atoms with van der Waals surface area (Å²) < 4.78 is 23.3. The fraction of sp³-hybridized carbons (Fsp3) is 0.500. The molecule has 0 fully saturated rings. The van der Waals surface area contributed by atoms with E-state index >= 15 is 0 Å². The molecule has 1 unspecified atom stereocenters. The maximum Gasteiger partial charge on any atom is 0.161 e. The molecule has 1 aromatic rings. The smallest absolute Gasteiger partial charge is 0.161 e. The Morgan fingerprint density at radius 2 is 1.97 bits per heavy atom. The molecule has 6 heteroatoms. The van der Waals surface area contributed by atoms with Crippen LogP contribution in [0.5, 0.6) is 0 Å². The standard InChI is InChI=1S/C20H24FNO2.C8H19NO/c1-5-20(24-4)11-6-8-16(2)22(3)13-12-18(15-23)17-9-7-10-19(21)14-17;1-4-6-9(5-2)7-8-10-3/h5-10,14-15,18H,1,12-13H2,2-4H3;4-8H2,1-3H3/b16-8+;. The summed E-state index contributed by atoms with van der Waals surface area (Å²) in [7, 11) is 5.26. The highest BCUT2D eigenvalue weighted by Gasteiger charge is 2.12. The number of methoxy groups -OCH3 is 2. The lowest BCUT2D eigenvalue weighted by Gasteiger charge is -2.21. The van der Waals surface area contributed by atoms with Gasteiger partial charge >= 0.3 is 0 Å². The van der Waals surface area contributed by atoms with Gasteiger partial charge < -0.3 is 24.1 Å². The number of hydrogen-bond donors (Lipinski definition) is 0. The van der Waals surface area contributed by atoms with Gasteiger partial charge in [0.25, 0.3) is 0 Å². The molecular formula is C28H43FN2O3. The van der Waals surface area contributed by atoms with Crippen molar-refractivity contribution in [2.24, 2.45) is 0 Å². The molecule has 0 aliphatic rings. The Labute approximate surface area is 206 Å². The topological polar surface area (TPSA) is 42.0 Å². The number of carbonyl (C=O) groups is 1. The molecule has 1 atom stereocenters. The second kappa shape index (κ2) is 19.8. The van der Waals surface area contributed by atoms with Crippen molar-refractivity contribution in [3.8, 4) is 0 Å². The van der Waals surface area contributed by atoms with E-state index in [4.69, 9.17) is 9.47 Å². The third-order valence-electron chi connectivity index (χ3n) is 5.37. The van der Waals surface area contributed by atoms with Crippen molar-refractivity contribution in [1.29, 1.82) is 0 Å². The number of ether oxygens (including phenoxy) is 2. The fourth-order valence-electron chi connectivity index (χ4n) is 3.10. The van der Waals surface area contributed by atoms with Crippen molar-refractivity contribution >= 4 is 6.29 Å². The van der Waals surface area contributed by atoms with Gasteiger partial charge in [0.15, 0.2) is 5.76 Å². The molecule has 5 nitrogen and oxygen atoms in total. The first-order valence-corrected chi connectivity index (χ1v) is 11.8. The number of carbonyl (C=O) groups excluding carboxylic acids is 1. The molecule has 0 saturated heterocycles. The van der Waals surface area contributed by atoms with Gasteiger partial charge in [-0.2, -0.15) is 0 Å². The normalized spacial score (nSPS) is 11.6. The summed E-state index contributed by atoms with van der Waals surface area (Å²) in [6.07, 6.45) is 7.97. The van der Waals surface area contributed by atoms with Crippen LogP contribution in [0.1, 0.15) is 45.1 Å². The zero-order valence-corrected chi connectivity index (χ0v) is 21.9. The molecule has 0 heterocycles. The lowest BCUT2D eigenvalue weighted by Crippen LogP contribution is -2.27. The minimum atomic E-state index is -0.322. The van der Waals surface area contributed by atoms with Crippen molar-refractivity contribution in [2.75, 3.05) is 54.1 Å². The zero-order valence-electron chi connectivity index (χ0n) is 21.9. The van der Waals surface area contributed by atoms with Crippen LogP contribution >= 0.6 is 0 Å². The number of allylic oxidation sites excluding steroid dienone is 3. The third-order valence-corrected chi connectivity index (χ3v) is 5.37. The highest BCUT2D eigenvalue weighted by molar-refractivity contribution is 5.62. The van der Waals surface area contributed by atoms with E-state index in [1.807, 2.05) is 24.9 Å². The Morgan fingerprint density at radius 3 is 2.50 bits per heavy atom. The molecule has 1 aromatic carbocycles. The molecule has 190 valence electrons. The summed E-state index contributed by atoms with van der Waals surface area (Å²) in [6, 6.07) is 6.19. The van der Waals surface area contributed by atoms with Crippen LogP contribution in [0.4, 0.5) is 4.39 Å². The highest BCUT2D eigenvalue weighted by atomic mass is 19.1. The fourth-order valence-corrected chi connectivity index (χ4v) is 3.10. The van der Waals surface area contributed by atoms with Gasteiger partial charge in [-0.05, 0) is 68.8 Å². The van der Waals surface area contributed by atoms with Gasteiger partial charge in [-0.3, -0.25) is 0 Å². The molecule has 34 heavy (non-hydrogen) atoms. The van der Waals surface area contributed by atoms with Gasteiger partial charge in [-0.15, -0.1) is 0 Å². The summed E-state index contributed by atoms with van der Waals surface area (Å²) in [6.45, 7) is 14.9. The monoisotopic (exact) mass is 474 g/mol. The van der Waals surface area contributed by atoms with E-state index in [9.17, 15) is 9.18 Å². The first-order valence-electron chi connectivity index (χ1n) is 11.8. The maximum absolute atomic E-state index is 13.3. The lowest BCUT2D eigenvalue weighted by molar-refractivity contribution is -0.109. The van der Waals surface area contributed by atoms with Crippen molar-refractivity contribution < 1.29 is 18.7 Å². The molecule has 0 amide bonds. The Morgan fingerprint density at radius 1 is 1.24 bits per heavy atom. The van der Waals surface area contributed by atoms with Gasteiger partial charge in [0.05, 0.1) is 13.7 Å². The van der Waals surface area contributed by atoms with Crippen molar-refractivity contribution in [3.63, 3.8) is 0 Å². The maximum atomic E-state index is 13.3. The largest absolute Gasteiger partial charge is 0.489 e. The Hall–Kier alpha value is -2.66.